The molecule has 0 aliphatic carbocycles. The van der Waals surface area contributed by atoms with Crippen molar-refractivity contribution in [1.29, 1.82) is 0 Å². The Bertz CT molecular complexity index is 1030. The number of hydrogen-bond donors (Lipinski definition) is 1. The van der Waals surface area contributed by atoms with Crippen molar-refractivity contribution in [2.24, 2.45) is 0 Å². The number of nitrogens with one attached hydrogen (secondary N) is 1. The van der Waals surface area contributed by atoms with Crippen LogP contribution in [0.4, 0.5) is 18.9 Å². The van der Waals surface area contributed by atoms with Crippen LogP contribution in [0.3, 0.4) is 0 Å². The molecule has 2 aromatic carbocycles. The first-order chi connectivity index (χ1) is 15.1. The lowest BCUT2D eigenvalue weighted by atomic mass is 10.0. The predicted molar refractivity (Wildman–Crippen MR) is 122 cm³/mol. The lowest BCUT2D eigenvalue weighted by molar-refractivity contribution is -0.924. The summed E-state index contributed by atoms with van der Waals surface area (Å²) in [5, 5.41) is 2.81. The number of alkyl halides is 3. The first-order valence-electron chi connectivity index (χ1n) is 10.5. The molecule has 0 saturated carbocycles. The van der Waals surface area contributed by atoms with Gasteiger partial charge in [-0.2, -0.15) is 24.9 Å². The first-order valence-corrected chi connectivity index (χ1v) is 11.6. The number of anilines is 1. The molecule has 2 heterocycles. The highest BCUT2D eigenvalue weighted by Gasteiger charge is 2.32. The maximum absolute atomic E-state index is 13.0. The van der Waals surface area contributed by atoms with Gasteiger partial charge in [0.1, 0.15) is 18.9 Å². The first kappa shape index (κ1) is 25.9. The number of hydrogen-bond acceptors (Lipinski definition) is 3. The van der Waals surface area contributed by atoms with Crippen LogP contribution in [-0.4, -0.2) is 48.6 Å². The Morgan fingerprint density at radius 1 is 1.18 bits per heavy atom. The molecule has 2 aliphatic rings. The van der Waals surface area contributed by atoms with Gasteiger partial charge in [0, 0.05) is 29.0 Å². The van der Waals surface area contributed by atoms with E-state index in [4.69, 9.17) is 4.74 Å². The van der Waals surface area contributed by atoms with Crippen LogP contribution < -0.4 is 34.0 Å². The molecular formula is C24H26F3IN2O2S. The number of thioether (sulfide) groups is 1. The number of nitrogens with zero attached hydrogens (tertiary/aromatic N) is 1. The van der Waals surface area contributed by atoms with Gasteiger partial charge in [0.05, 0.1) is 31.3 Å². The fraction of sp³-hybridized carbons (Fsp3) is 0.375. The maximum Gasteiger partial charge on any atom is 0.416 e. The third-order valence-corrected chi connectivity index (χ3v) is 7.18. The molecule has 0 aromatic heterocycles. The molecule has 0 radical (unpaired) electrons. The second-order valence-electron chi connectivity index (χ2n) is 8.81. The van der Waals surface area contributed by atoms with E-state index in [0.29, 0.717) is 17.5 Å². The van der Waals surface area contributed by atoms with Crippen LogP contribution in [0.1, 0.15) is 23.1 Å². The quantitative estimate of drug-likeness (QED) is 0.429. The molecule has 0 bridgehead atoms. The van der Waals surface area contributed by atoms with Crippen LogP contribution in [0.25, 0.3) is 6.08 Å². The normalized spacial score (nSPS) is 18.0. The maximum atomic E-state index is 13.0. The van der Waals surface area contributed by atoms with Gasteiger partial charge in [-0.1, -0.05) is 12.1 Å². The molecule has 1 unspecified atom stereocenters. The summed E-state index contributed by atoms with van der Waals surface area (Å²) in [4.78, 5) is 12.7. The number of quaternary nitrogens is 1. The molecule has 1 amide bonds. The van der Waals surface area contributed by atoms with E-state index in [0.717, 1.165) is 23.2 Å². The predicted octanol–water partition coefficient (Wildman–Crippen LogP) is 2.21. The molecule has 9 heteroatoms. The van der Waals surface area contributed by atoms with Crippen molar-refractivity contribution in [3.8, 4) is 5.75 Å². The summed E-state index contributed by atoms with van der Waals surface area (Å²) in [6, 6.07) is 11.6. The Hall–Kier alpha value is -1.72. The summed E-state index contributed by atoms with van der Waals surface area (Å²) >= 11 is 2.01. The van der Waals surface area contributed by atoms with Gasteiger partial charge in [0.15, 0.2) is 0 Å². The minimum atomic E-state index is -4.45. The van der Waals surface area contributed by atoms with Crippen molar-refractivity contribution in [1.82, 2.24) is 0 Å². The molecule has 2 aromatic rings. The minimum absolute atomic E-state index is 0. The standard InChI is InChI=1S/C24H25F3N2O2S.HI/c1-29(2,21-9-10-32-15-21)13-16-3-6-20(7-4-16)28-23(30)18-11-17-12-19(24(25,26)27)5-8-22(17)31-14-18;/h3-8,11-12,21H,9-10,13-15H2,1-2H3;1H. The summed E-state index contributed by atoms with van der Waals surface area (Å²) in [5.41, 5.74) is 1.58. The van der Waals surface area contributed by atoms with Crippen LogP contribution in [-0.2, 0) is 17.5 Å². The van der Waals surface area contributed by atoms with Crippen molar-refractivity contribution in [2.45, 2.75) is 25.2 Å². The highest BCUT2D eigenvalue weighted by Crippen LogP contribution is 2.35. The third kappa shape index (κ3) is 6.24. The van der Waals surface area contributed by atoms with Crippen molar-refractivity contribution in [3.63, 3.8) is 0 Å². The number of carbonyl (C=O) groups is 1. The molecule has 33 heavy (non-hydrogen) atoms. The Labute approximate surface area is 213 Å². The lowest BCUT2D eigenvalue weighted by Crippen LogP contribution is -3.00. The van der Waals surface area contributed by atoms with E-state index in [-0.39, 0.29) is 47.6 Å². The summed E-state index contributed by atoms with van der Waals surface area (Å²) in [6.07, 6.45) is -1.76. The lowest BCUT2D eigenvalue weighted by Gasteiger charge is -2.35. The smallest absolute Gasteiger partial charge is 0.416 e. The van der Waals surface area contributed by atoms with E-state index in [2.05, 4.69) is 19.4 Å². The summed E-state index contributed by atoms with van der Waals surface area (Å²) in [7, 11) is 4.51. The van der Waals surface area contributed by atoms with E-state index in [9.17, 15) is 18.0 Å². The van der Waals surface area contributed by atoms with Crippen LogP contribution in [0.5, 0.6) is 5.75 Å². The zero-order chi connectivity index (χ0) is 22.9. The van der Waals surface area contributed by atoms with Crippen LogP contribution in [0, 0.1) is 0 Å². The van der Waals surface area contributed by atoms with Gasteiger partial charge >= 0.3 is 6.18 Å². The molecule has 1 atom stereocenters. The van der Waals surface area contributed by atoms with Gasteiger partial charge < -0.3 is 38.5 Å². The highest BCUT2D eigenvalue weighted by molar-refractivity contribution is 7.99. The monoisotopic (exact) mass is 590 g/mol. The molecule has 4 nitrogen and oxygen atoms in total. The minimum Gasteiger partial charge on any atom is -1.00 e. The van der Waals surface area contributed by atoms with Crippen LogP contribution in [0.15, 0.2) is 48.0 Å². The van der Waals surface area contributed by atoms with Crippen LogP contribution >= 0.6 is 11.8 Å². The van der Waals surface area contributed by atoms with E-state index in [1.807, 2.05) is 36.0 Å². The molecule has 178 valence electrons. The topological polar surface area (TPSA) is 38.3 Å². The Morgan fingerprint density at radius 3 is 2.55 bits per heavy atom. The molecule has 4 rings (SSSR count). The summed E-state index contributed by atoms with van der Waals surface area (Å²) in [6.45, 7) is 0.921. The van der Waals surface area contributed by atoms with E-state index in [1.54, 1.807) is 0 Å². The van der Waals surface area contributed by atoms with E-state index < -0.39 is 11.7 Å². The average molecular weight is 590 g/mol. The number of benzene rings is 2. The van der Waals surface area contributed by atoms with Crippen molar-refractivity contribution in [2.75, 3.05) is 37.5 Å². The number of carbonyl (C=O) groups excluding carboxylic acids is 1. The third-order valence-electron chi connectivity index (χ3n) is 6.04. The van der Waals surface area contributed by atoms with Gasteiger partial charge in [0.25, 0.3) is 5.91 Å². The molecule has 1 fully saturated rings. The highest BCUT2D eigenvalue weighted by atomic mass is 127. The molecular weight excluding hydrogens is 564 g/mol. The number of halogens is 4. The van der Waals surface area contributed by atoms with E-state index in [1.165, 1.54) is 35.6 Å². The zero-order valence-electron chi connectivity index (χ0n) is 18.4. The zero-order valence-corrected chi connectivity index (χ0v) is 21.4. The number of amides is 1. The Balaban J connectivity index is 0.00000306. The number of fused-ring (bicyclic) bond motifs is 1. The van der Waals surface area contributed by atoms with E-state index >= 15 is 0 Å². The van der Waals surface area contributed by atoms with Crippen LogP contribution in [0.2, 0.25) is 0 Å². The van der Waals surface area contributed by atoms with Crippen molar-refractivity contribution in [3.05, 3.63) is 64.7 Å². The molecule has 1 saturated heterocycles. The van der Waals surface area contributed by atoms with Gasteiger partial charge in [-0.15, -0.1) is 0 Å². The summed E-state index contributed by atoms with van der Waals surface area (Å²) < 4.78 is 45.4. The molecule has 1 N–H and O–H groups in total. The van der Waals surface area contributed by atoms with Gasteiger partial charge in [0.2, 0.25) is 0 Å². The number of ether oxygens (including phenoxy) is 1. The SMILES string of the molecule is C[N+](C)(Cc1ccc(NC(=O)C2=Cc3cc(C(F)(F)F)ccc3OC2)cc1)C1CCSC1.[I-]. The van der Waals surface area contributed by atoms with Gasteiger partial charge in [-0.05, 0) is 42.2 Å². The van der Waals surface area contributed by atoms with Crippen molar-refractivity contribution < 1.29 is 51.2 Å². The molecule has 2 aliphatic heterocycles. The average Bonchev–Trinajstić information content (AvgIpc) is 3.29. The fourth-order valence-electron chi connectivity index (χ4n) is 4.06. The second-order valence-corrected chi connectivity index (χ2v) is 9.96. The Morgan fingerprint density at radius 2 is 1.91 bits per heavy atom. The van der Waals surface area contributed by atoms with Crippen molar-refractivity contribution >= 4 is 29.4 Å². The largest absolute Gasteiger partial charge is 1.00 e. The second kappa shape index (κ2) is 10.3. The van der Waals surface area contributed by atoms with Gasteiger partial charge in [-0.25, -0.2) is 0 Å². The number of rotatable bonds is 5. The molecule has 0 spiro atoms. The fourth-order valence-corrected chi connectivity index (χ4v) is 5.51. The van der Waals surface area contributed by atoms with Gasteiger partial charge in [-0.3, -0.25) is 4.79 Å². The Kier molecular flexibility index (Phi) is 8.06. The summed E-state index contributed by atoms with van der Waals surface area (Å²) in [5.74, 6) is 2.35.